The van der Waals surface area contributed by atoms with E-state index in [0.717, 1.165) is 6.92 Å². The van der Waals surface area contributed by atoms with Gasteiger partial charge in [0.2, 0.25) is 0 Å². The number of hydrogen-bond donors (Lipinski definition) is 4. The smallest absolute Gasteiger partial charge is 0.196 e. The molecule has 0 aliphatic rings. The van der Waals surface area contributed by atoms with Crippen LogP contribution in [0.2, 0.25) is 0 Å². The van der Waals surface area contributed by atoms with Crippen LogP contribution in [0.25, 0.3) is 0 Å². The molecule has 0 heterocycles. The van der Waals surface area contributed by atoms with Crippen molar-refractivity contribution in [1.29, 1.82) is 0 Å². The summed E-state index contributed by atoms with van der Waals surface area (Å²) in [4.78, 5) is 0. The number of hydrogen-bond acceptors (Lipinski definition) is 5. The molecule has 0 aromatic rings. The highest BCUT2D eigenvalue weighted by atomic mass is 16.6. The molecule has 0 spiro atoms. The van der Waals surface area contributed by atoms with E-state index in [4.69, 9.17) is 10.2 Å². The summed E-state index contributed by atoms with van der Waals surface area (Å²) in [7, 11) is 1.17. The van der Waals surface area contributed by atoms with Gasteiger partial charge in [-0.2, -0.15) is 0 Å². The van der Waals surface area contributed by atoms with Crippen molar-refractivity contribution in [2.75, 3.05) is 13.7 Å². The van der Waals surface area contributed by atoms with Gasteiger partial charge in [-0.25, -0.2) is 0 Å². The highest BCUT2D eigenvalue weighted by Gasteiger charge is 2.49. The van der Waals surface area contributed by atoms with Crippen molar-refractivity contribution in [2.45, 2.75) is 31.3 Å². The minimum atomic E-state index is -2.07. The highest BCUT2D eigenvalue weighted by molar-refractivity contribution is 4.94. The maximum atomic E-state index is 9.55. The zero-order chi connectivity index (χ0) is 9.99. The molecule has 0 saturated heterocycles. The van der Waals surface area contributed by atoms with Crippen molar-refractivity contribution in [2.24, 2.45) is 0 Å². The quantitative estimate of drug-likeness (QED) is 0.393. The normalized spacial score (nSPS) is 24.2. The topological polar surface area (TPSA) is 90.2 Å². The SMILES string of the molecule is COC(C)(O)C(O)(CO)C(C)O. The molecule has 4 N–H and O–H groups in total. The van der Waals surface area contributed by atoms with E-state index < -0.39 is 24.1 Å². The Labute approximate surface area is 71.2 Å². The van der Waals surface area contributed by atoms with Gasteiger partial charge in [-0.3, -0.25) is 0 Å². The van der Waals surface area contributed by atoms with Crippen LogP contribution in [0, 0.1) is 0 Å². The van der Waals surface area contributed by atoms with Crippen LogP contribution in [0.5, 0.6) is 0 Å². The summed E-state index contributed by atoms with van der Waals surface area (Å²) < 4.78 is 4.54. The van der Waals surface area contributed by atoms with Crippen LogP contribution in [-0.4, -0.2) is 51.6 Å². The second-order valence-electron chi connectivity index (χ2n) is 2.95. The molecule has 5 heteroatoms. The summed E-state index contributed by atoms with van der Waals surface area (Å²) in [6, 6.07) is 0. The fraction of sp³-hybridized carbons (Fsp3) is 1.00. The largest absolute Gasteiger partial charge is 0.393 e. The Kier molecular flexibility index (Phi) is 3.61. The molecule has 0 aliphatic heterocycles. The molecule has 0 rings (SSSR count). The predicted molar refractivity (Wildman–Crippen MR) is 41.3 cm³/mol. The van der Waals surface area contributed by atoms with Gasteiger partial charge in [-0.15, -0.1) is 0 Å². The zero-order valence-corrected chi connectivity index (χ0v) is 7.48. The van der Waals surface area contributed by atoms with E-state index in [-0.39, 0.29) is 0 Å². The molecule has 0 aliphatic carbocycles. The molecule has 0 aromatic carbocycles. The Balaban J connectivity index is 4.74. The minimum Gasteiger partial charge on any atom is -0.393 e. The summed E-state index contributed by atoms with van der Waals surface area (Å²) in [5, 5.41) is 36.8. The predicted octanol–water partition coefficient (Wildman–Crippen LogP) is -1.55. The van der Waals surface area contributed by atoms with Gasteiger partial charge in [0.05, 0.1) is 12.7 Å². The van der Waals surface area contributed by atoms with Crippen LogP contribution in [0.15, 0.2) is 0 Å². The third-order valence-corrected chi connectivity index (χ3v) is 2.13. The van der Waals surface area contributed by atoms with Gasteiger partial charge < -0.3 is 25.2 Å². The first kappa shape index (κ1) is 11.8. The summed E-state index contributed by atoms with van der Waals surface area (Å²) in [6.07, 6.45) is -1.29. The Morgan fingerprint density at radius 1 is 1.42 bits per heavy atom. The first-order chi connectivity index (χ1) is 5.31. The first-order valence-corrected chi connectivity index (χ1v) is 3.60. The Bertz CT molecular complexity index is 145. The van der Waals surface area contributed by atoms with E-state index in [1.165, 1.54) is 14.0 Å². The second kappa shape index (κ2) is 3.68. The van der Waals surface area contributed by atoms with Gasteiger partial charge in [0.25, 0.3) is 0 Å². The van der Waals surface area contributed by atoms with Gasteiger partial charge in [0, 0.05) is 7.11 Å². The molecular formula is C7H16O5. The molecule has 0 bridgehead atoms. The van der Waals surface area contributed by atoms with E-state index in [9.17, 15) is 10.2 Å². The van der Waals surface area contributed by atoms with Gasteiger partial charge >= 0.3 is 0 Å². The first-order valence-electron chi connectivity index (χ1n) is 3.60. The Hall–Kier alpha value is -0.200. The van der Waals surface area contributed by atoms with Gasteiger partial charge in [-0.1, -0.05) is 0 Å². The van der Waals surface area contributed by atoms with E-state index in [1.54, 1.807) is 0 Å². The van der Waals surface area contributed by atoms with Crippen LogP contribution in [0.3, 0.4) is 0 Å². The summed E-state index contributed by atoms with van der Waals surface area (Å²) in [5.74, 6) is -1.98. The number of rotatable bonds is 4. The van der Waals surface area contributed by atoms with Crippen molar-refractivity contribution in [3.8, 4) is 0 Å². The van der Waals surface area contributed by atoms with E-state index in [0.29, 0.717) is 0 Å². The molecule has 0 amide bonds. The van der Waals surface area contributed by atoms with Crippen molar-refractivity contribution >= 4 is 0 Å². The highest BCUT2D eigenvalue weighted by Crippen LogP contribution is 2.25. The molecule has 3 unspecified atom stereocenters. The number of aliphatic hydroxyl groups excluding tert-OH is 2. The van der Waals surface area contributed by atoms with Crippen LogP contribution in [0.4, 0.5) is 0 Å². The Morgan fingerprint density at radius 3 is 1.92 bits per heavy atom. The maximum Gasteiger partial charge on any atom is 0.196 e. The van der Waals surface area contributed by atoms with Crippen molar-refractivity contribution in [3.05, 3.63) is 0 Å². The molecule has 0 radical (unpaired) electrons. The van der Waals surface area contributed by atoms with Crippen molar-refractivity contribution in [1.82, 2.24) is 0 Å². The fourth-order valence-electron chi connectivity index (χ4n) is 0.843. The average Bonchev–Trinajstić information content (AvgIpc) is 2.02. The van der Waals surface area contributed by atoms with Crippen molar-refractivity contribution in [3.63, 3.8) is 0 Å². The van der Waals surface area contributed by atoms with Crippen LogP contribution in [-0.2, 0) is 4.74 Å². The molecule has 74 valence electrons. The minimum absolute atomic E-state index is 0.786. The van der Waals surface area contributed by atoms with Gasteiger partial charge in [0.15, 0.2) is 11.4 Å². The number of aliphatic hydroxyl groups is 4. The van der Waals surface area contributed by atoms with Gasteiger partial charge in [0.1, 0.15) is 0 Å². The molecule has 0 fully saturated rings. The summed E-state index contributed by atoms with van der Waals surface area (Å²) in [6.45, 7) is 1.63. The summed E-state index contributed by atoms with van der Waals surface area (Å²) in [5.41, 5.74) is -2.07. The molecular weight excluding hydrogens is 164 g/mol. The monoisotopic (exact) mass is 180 g/mol. The molecule has 0 aromatic heterocycles. The maximum absolute atomic E-state index is 9.55. The molecule has 5 nitrogen and oxygen atoms in total. The fourth-order valence-corrected chi connectivity index (χ4v) is 0.843. The molecule has 12 heavy (non-hydrogen) atoms. The third-order valence-electron chi connectivity index (χ3n) is 2.13. The van der Waals surface area contributed by atoms with E-state index >= 15 is 0 Å². The van der Waals surface area contributed by atoms with E-state index in [1.807, 2.05) is 0 Å². The van der Waals surface area contributed by atoms with Crippen molar-refractivity contribution < 1.29 is 25.2 Å². The lowest BCUT2D eigenvalue weighted by molar-refractivity contribution is -0.310. The lowest BCUT2D eigenvalue weighted by Crippen LogP contribution is -2.62. The Morgan fingerprint density at radius 2 is 1.83 bits per heavy atom. The number of ether oxygens (including phenoxy) is 1. The van der Waals surface area contributed by atoms with Crippen LogP contribution >= 0.6 is 0 Å². The van der Waals surface area contributed by atoms with Gasteiger partial charge in [-0.05, 0) is 13.8 Å². The van der Waals surface area contributed by atoms with Crippen LogP contribution in [0.1, 0.15) is 13.8 Å². The molecule has 3 atom stereocenters. The zero-order valence-electron chi connectivity index (χ0n) is 7.48. The third kappa shape index (κ3) is 1.75. The standard InChI is InChI=1S/C7H16O5/c1-5(9)7(11,4-8)6(2,10)12-3/h5,8-11H,4H2,1-3H3. The lowest BCUT2D eigenvalue weighted by Gasteiger charge is -2.40. The number of methoxy groups -OCH3 is 1. The van der Waals surface area contributed by atoms with Crippen LogP contribution < -0.4 is 0 Å². The van der Waals surface area contributed by atoms with E-state index in [2.05, 4.69) is 4.74 Å². The lowest BCUT2D eigenvalue weighted by atomic mass is 9.89. The molecule has 0 saturated carbocycles. The second-order valence-corrected chi connectivity index (χ2v) is 2.95. The average molecular weight is 180 g/mol. The summed E-state index contributed by atoms with van der Waals surface area (Å²) >= 11 is 0.